The van der Waals surface area contributed by atoms with E-state index in [9.17, 15) is 9.90 Å². The van der Waals surface area contributed by atoms with Crippen LogP contribution in [-0.2, 0) is 0 Å². The van der Waals surface area contributed by atoms with Crippen LogP contribution in [0.15, 0.2) is 18.5 Å². The Labute approximate surface area is 129 Å². The van der Waals surface area contributed by atoms with Crippen molar-refractivity contribution < 1.29 is 9.90 Å². The Balaban J connectivity index is 2.04. The molecule has 2 heterocycles. The molecular formula is C15H23N5O2. The highest BCUT2D eigenvalue weighted by Crippen LogP contribution is 2.19. The van der Waals surface area contributed by atoms with Crippen molar-refractivity contribution in [2.75, 3.05) is 11.9 Å². The highest BCUT2D eigenvalue weighted by Gasteiger charge is 2.18. The number of urea groups is 1. The van der Waals surface area contributed by atoms with Crippen molar-refractivity contribution in [3.8, 4) is 0 Å². The van der Waals surface area contributed by atoms with Crippen LogP contribution >= 0.6 is 0 Å². The molecule has 0 aromatic carbocycles. The number of hydrogen-bond acceptors (Lipinski definition) is 4. The standard InChI is InChI=1S/C15H23N5O2/c1-5-15(4,22)9-17-14(21)19-12-6-11-7-18-20(10(2)3)13(11)16-8-12/h6-8,10,22H,5,9H2,1-4H3,(H2,17,19,21). The van der Waals surface area contributed by atoms with Crippen LogP contribution in [-0.4, -0.2) is 38.0 Å². The maximum atomic E-state index is 11.8. The molecule has 7 nitrogen and oxygen atoms in total. The average molecular weight is 305 g/mol. The van der Waals surface area contributed by atoms with Crippen molar-refractivity contribution in [1.29, 1.82) is 0 Å². The topological polar surface area (TPSA) is 92.1 Å². The van der Waals surface area contributed by atoms with E-state index in [0.717, 1.165) is 11.0 Å². The molecule has 2 aromatic rings. The summed E-state index contributed by atoms with van der Waals surface area (Å²) in [4.78, 5) is 16.2. The molecule has 0 saturated carbocycles. The Morgan fingerprint density at radius 2 is 2.18 bits per heavy atom. The van der Waals surface area contributed by atoms with E-state index in [4.69, 9.17) is 0 Å². The molecule has 0 bridgehead atoms. The van der Waals surface area contributed by atoms with Gasteiger partial charge < -0.3 is 15.7 Å². The van der Waals surface area contributed by atoms with Crippen LogP contribution < -0.4 is 10.6 Å². The Hall–Kier alpha value is -2.15. The van der Waals surface area contributed by atoms with Crippen molar-refractivity contribution in [3.63, 3.8) is 0 Å². The molecule has 2 rings (SSSR count). The summed E-state index contributed by atoms with van der Waals surface area (Å²) in [6.45, 7) is 7.81. The third kappa shape index (κ3) is 3.73. The lowest BCUT2D eigenvalue weighted by Gasteiger charge is -2.21. The summed E-state index contributed by atoms with van der Waals surface area (Å²) in [6.07, 6.45) is 3.89. The molecule has 7 heteroatoms. The number of rotatable bonds is 5. The summed E-state index contributed by atoms with van der Waals surface area (Å²) in [7, 11) is 0. The average Bonchev–Trinajstić information content (AvgIpc) is 2.88. The highest BCUT2D eigenvalue weighted by atomic mass is 16.3. The fraction of sp³-hybridized carbons (Fsp3) is 0.533. The second-order valence-corrected chi connectivity index (χ2v) is 5.98. The van der Waals surface area contributed by atoms with Crippen LogP contribution in [0.4, 0.5) is 10.5 Å². The van der Waals surface area contributed by atoms with Crippen molar-refractivity contribution in [3.05, 3.63) is 18.5 Å². The number of pyridine rings is 1. The third-order valence-electron chi connectivity index (χ3n) is 3.57. The lowest BCUT2D eigenvalue weighted by Crippen LogP contribution is -2.41. The van der Waals surface area contributed by atoms with Gasteiger partial charge in [-0.2, -0.15) is 5.10 Å². The van der Waals surface area contributed by atoms with Gasteiger partial charge in [-0.15, -0.1) is 0 Å². The second kappa shape index (κ2) is 6.31. The van der Waals surface area contributed by atoms with Crippen molar-refractivity contribution in [2.45, 2.75) is 45.8 Å². The van der Waals surface area contributed by atoms with Crippen LogP contribution in [0.1, 0.15) is 40.2 Å². The Kier molecular flexibility index (Phi) is 4.65. The van der Waals surface area contributed by atoms with E-state index in [1.807, 2.05) is 31.5 Å². The van der Waals surface area contributed by atoms with Gasteiger partial charge in [-0.25, -0.2) is 14.5 Å². The molecular weight excluding hydrogens is 282 g/mol. The number of carbonyl (C=O) groups excluding carboxylic acids is 1. The fourth-order valence-electron chi connectivity index (χ4n) is 1.96. The number of amides is 2. The normalized spacial score (nSPS) is 14.1. The summed E-state index contributed by atoms with van der Waals surface area (Å²) in [5.74, 6) is 0. The first-order chi connectivity index (χ1) is 10.3. The minimum absolute atomic E-state index is 0.191. The van der Waals surface area contributed by atoms with Gasteiger partial charge in [0.1, 0.15) is 0 Å². The molecule has 2 aromatic heterocycles. The first-order valence-corrected chi connectivity index (χ1v) is 7.43. The van der Waals surface area contributed by atoms with Crippen LogP contribution in [0, 0.1) is 0 Å². The number of hydrogen-bond donors (Lipinski definition) is 3. The largest absolute Gasteiger partial charge is 0.388 e. The van der Waals surface area contributed by atoms with E-state index in [0.29, 0.717) is 12.1 Å². The van der Waals surface area contributed by atoms with Crippen LogP contribution in [0.5, 0.6) is 0 Å². The van der Waals surface area contributed by atoms with Gasteiger partial charge in [0.05, 0.1) is 23.7 Å². The van der Waals surface area contributed by atoms with E-state index < -0.39 is 5.60 Å². The van der Waals surface area contributed by atoms with E-state index in [2.05, 4.69) is 20.7 Å². The molecule has 22 heavy (non-hydrogen) atoms. The molecule has 0 aliphatic carbocycles. The maximum absolute atomic E-state index is 11.8. The summed E-state index contributed by atoms with van der Waals surface area (Å²) < 4.78 is 1.83. The molecule has 0 spiro atoms. The molecule has 120 valence electrons. The van der Waals surface area contributed by atoms with E-state index in [-0.39, 0.29) is 18.6 Å². The van der Waals surface area contributed by atoms with Crippen molar-refractivity contribution in [1.82, 2.24) is 20.1 Å². The number of fused-ring (bicyclic) bond motifs is 1. The lowest BCUT2D eigenvalue weighted by molar-refractivity contribution is 0.0587. The third-order valence-corrected chi connectivity index (χ3v) is 3.57. The SMILES string of the molecule is CCC(C)(O)CNC(=O)Nc1cnc2c(cnn2C(C)C)c1. The van der Waals surface area contributed by atoms with Crippen molar-refractivity contribution >= 4 is 22.8 Å². The number of aliphatic hydroxyl groups is 1. The van der Waals surface area contributed by atoms with Crippen LogP contribution in [0.25, 0.3) is 11.0 Å². The maximum Gasteiger partial charge on any atom is 0.319 e. The zero-order valence-electron chi connectivity index (χ0n) is 13.4. The molecule has 0 aliphatic heterocycles. The summed E-state index contributed by atoms with van der Waals surface area (Å²) in [6, 6.07) is 1.68. The number of aromatic nitrogens is 3. The molecule has 0 fully saturated rings. The van der Waals surface area contributed by atoms with Gasteiger partial charge in [0, 0.05) is 18.0 Å². The number of nitrogens with one attached hydrogen (secondary N) is 2. The van der Waals surface area contributed by atoms with Gasteiger partial charge in [0.15, 0.2) is 5.65 Å². The minimum atomic E-state index is -0.905. The molecule has 0 saturated heterocycles. The van der Waals surface area contributed by atoms with Gasteiger partial charge in [-0.05, 0) is 33.3 Å². The highest BCUT2D eigenvalue weighted by molar-refractivity contribution is 5.91. The summed E-state index contributed by atoms with van der Waals surface area (Å²) in [5, 5.41) is 20.4. The van der Waals surface area contributed by atoms with Crippen molar-refractivity contribution in [2.24, 2.45) is 0 Å². The Bertz CT molecular complexity index is 663. The van der Waals surface area contributed by atoms with Gasteiger partial charge in [-0.1, -0.05) is 6.92 Å². The summed E-state index contributed by atoms with van der Waals surface area (Å²) >= 11 is 0. The fourth-order valence-corrected chi connectivity index (χ4v) is 1.96. The molecule has 1 atom stereocenters. The molecule has 0 radical (unpaired) electrons. The first kappa shape index (κ1) is 16.2. The number of nitrogens with zero attached hydrogens (tertiary/aromatic N) is 3. The first-order valence-electron chi connectivity index (χ1n) is 7.43. The van der Waals surface area contributed by atoms with E-state index in [1.54, 1.807) is 19.3 Å². The van der Waals surface area contributed by atoms with Gasteiger partial charge in [-0.3, -0.25) is 0 Å². The second-order valence-electron chi connectivity index (χ2n) is 5.98. The predicted molar refractivity (Wildman–Crippen MR) is 85.8 cm³/mol. The molecule has 3 N–H and O–H groups in total. The summed E-state index contributed by atoms with van der Waals surface area (Å²) in [5.41, 5.74) is 0.470. The van der Waals surface area contributed by atoms with E-state index in [1.165, 1.54) is 0 Å². The van der Waals surface area contributed by atoms with E-state index >= 15 is 0 Å². The predicted octanol–water partition coefficient (Wildman–Crippen LogP) is 2.29. The molecule has 0 aliphatic rings. The van der Waals surface area contributed by atoms with Crippen LogP contribution in [0.2, 0.25) is 0 Å². The van der Waals surface area contributed by atoms with Crippen LogP contribution in [0.3, 0.4) is 0 Å². The van der Waals surface area contributed by atoms with Gasteiger partial charge in [0.25, 0.3) is 0 Å². The van der Waals surface area contributed by atoms with Gasteiger partial charge in [0.2, 0.25) is 0 Å². The Morgan fingerprint density at radius 1 is 1.45 bits per heavy atom. The Morgan fingerprint density at radius 3 is 2.82 bits per heavy atom. The number of anilines is 1. The monoisotopic (exact) mass is 305 g/mol. The smallest absolute Gasteiger partial charge is 0.319 e. The quantitative estimate of drug-likeness (QED) is 0.790. The molecule has 1 unspecified atom stereocenters. The van der Waals surface area contributed by atoms with Gasteiger partial charge >= 0.3 is 6.03 Å². The zero-order valence-corrected chi connectivity index (χ0v) is 13.4. The number of carbonyl (C=O) groups is 1. The lowest BCUT2D eigenvalue weighted by atomic mass is 10.0. The minimum Gasteiger partial charge on any atom is -0.388 e. The molecule has 2 amide bonds. The zero-order chi connectivity index (χ0) is 16.3.